The van der Waals surface area contributed by atoms with E-state index in [1.54, 1.807) is 28.8 Å². The van der Waals surface area contributed by atoms with Gasteiger partial charge in [-0.3, -0.25) is 9.59 Å². The second-order valence-electron chi connectivity index (χ2n) is 11.2. The lowest BCUT2D eigenvalue weighted by Gasteiger charge is -2.32. The van der Waals surface area contributed by atoms with Gasteiger partial charge in [-0.1, -0.05) is 41.9 Å². The molecule has 2 N–H and O–H groups in total. The number of hydrogen-bond donors (Lipinski definition) is 2. The number of piperidine rings is 1. The number of nitrogens with zero attached hydrogens (tertiary/aromatic N) is 2. The molecule has 3 aromatic rings. The van der Waals surface area contributed by atoms with Crippen molar-refractivity contribution in [2.24, 2.45) is 11.8 Å². The van der Waals surface area contributed by atoms with Gasteiger partial charge < -0.3 is 20.4 Å². The van der Waals surface area contributed by atoms with Crippen LogP contribution in [0.5, 0.6) is 0 Å². The molecule has 1 saturated heterocycles. The van der Waals surface area contributed by atoms with E-state index in [2.05, 4.69) is 45.9 Å². The molecule has 0 bridgehead atoms. The third-order valence-electron chi connectivity index (χ3n) is 8.37. The summed E-state index contributed by atoms with van der Waals surface area (Å²) < 4.78 is 14.1. The number of thioether (sulfide) groups is 1. The van der Waals surface area contributed by atoms with Gasteiger partial charge in [-0.25, -0.2) is 4.39 Å². The highest BCUT2D eigenvalue weighted by atomic mass is 35.5. The minimum atomic E-state index is -0.416. The number of carbonyl (C=O) groups excluding carboxylic acids is 2. The smallest absolute Gasteiger partial charge is 0.251 e. The van der Waals surface area contributed by atoms with Gasteiger partial charge in [0.2, 0.25) is 5.91 Å². The van der Waals surface area contributed by atoms with Crippen molar-refractivity contribution in [1.82, 2.24) is 10.2 Å². The summed E-state index contributed by atoms with van der Waals surface area (Å²) >= 11 is 7.97. The molecule has 42 heavy (non-hydrogen) atoms. The number of amides is 2. The molecule has 0 aliphatic carbocycles. The maximum absolute atomic E-state index is 14.1. The summed E-state index contributed by atoms with van der Waals surface area (Å²) in [5, 5.41) is 8.81. The first-order chi connectivity index (χ1) is 20.4. The highest BCUT2D eigenvalue weighted by Crippen LogP contribution is 2.40. The Labute approximate surface area is 255 Å². The molecule has 0 spiro atoms. The van der Waals surface area contributed by atoms with Crippen molar-refractivity contribution in [2.75, 3.05) is 42.1 Å². The second kappa shape index (κ2) is 12.9. The second-order valence-corrected chi connectivity index (χ2v) is 12.5. The van der Waals surface area contributed by atoms with Gasteiger partial charge in [-0.15, -0.1) is 11.8 Å². The van der Waals surface area contributed by atoms with Crippen LogP contribution in [-0.4, -0.2) is 48.6 Å². The van der Waals surface area contributed by atoms with E-state index in [0.717, 1.165) is 50.3 Å². The van der Waals surface area contributed by atoms with Crippen molar-refractivity contribution in [3.63, 3.8) is 0 Å². The van der Waals surface area contributed by atoms with Gasteiger partial charge in [-0.05, 0) is 91.2 Å². The molecule has 2 amide bonds. The standard InChI is InChI=1S/C33H34ClFN4O2S/c34-28-8-7-26(35)17-25(28)19-39-31-18-24(6-9-29(31)37-30-21-42-20-27(30)33(39)41)32(40)36-12-15-38-13-10-23(11-14-38)16-22-4-2-1-3-5-22/h1-9,17-18,21,23,27,37H,10-16,19-20H2,(H,36,40)/t27-/m1/s1. The minimum absolute atomic E-state index is 0.101. The molecule has 0 radical (unpaired) electrons. The number of halogens is 2. The van der Waals surface area contributed by atoms with E-state index in [9.17, 15) is 14.0 Å². The maximum atomic E-state index is 14.1. The normalized spacial score (nSPS) is 19.0. The SMILES string of the molecule is O=C(NCCN1CCC(Cc2ccccc2)CC1)c1ccc2c(c1)N(Cc1cc(F)ccc1Cl)C(=O)[C@@H]1CSC=C1N2. The van der Waals surface area contributed by atoms with Crippen molar-refractivity contribution in [3.8, 4) is 0 Å². The van der Waals surface area contributed by atoms with Crippen LogP contribution in [0.1, 0.15) is 34.3 Å². The molecule has 0 unspecified atom stereocenters. The number of rotatable bonds is 8. The van der Waals surface area contributed by atoms with Crippen molar-refractivity contribution in [2.45, 2.75) is 25.8 Å². The average molecular weight is 605 g/mol. The Morgan fingerprint density at radius 1 is 1.07 bits per heavy atom. The van der Waals surface area contributed by atoms with Crippen LogP contribution >= 0.6 is 23.4 Å². The molecule has 6 rings (SSSR count). The van der Waals surface area contributed by atoms with Crippen LogP contribution in [0.4, 0.5) is 15.8 Å². The largest absolute Gasteiger partial charge is 0.356 e. The Morgan fingerprint density at radius 3 is 2.69 bits per heavy atom. The maximum Gasteiger partial charge on any atom is 0.251 e. The topological polar surface area (TPSA) is 64.7 Å². The van der Waals surface area contributed by atoms with Gasteiger partial charge in [0, 0.05) is 35.1 Å². The summed E-state index contributed by atoms with van der Waals surface area (Å²) in [6, 6.07) is 20.2. The first-order valence-electron chi connectivity index (χ1n) is 14.5. The Balaban J connectivity index is 1.11. The highest BCUT2D eigenvalue weighted by molar-refractivity contribution is 8.02. The molecule has 0 saturated carbocycles. The molecular weight excluding hydrogens is 571 g/mol. The third-order valence-corrected chi connectivity index (χ3v) is 9.68. The Hall–Kier alpha value is -3.33. The van der Waals surface area contributed by atoms with Gasteiger partial charge in [0.05, 0.1) is 23.8 Å². The summed E-state index contributed by atoms with van der Waals surface area (Å²) in [6.45, 7) is 3.52. The Bertz CT molecular complexity index is 1490. The molecule has 0 aromatic heterocycles. The van der Waals surface area contributed by atoms with Crippen molar-refractivity contribution in [3.05, 3.63) is 105 Å². The monoisotopic (exact) mass is 604 g/mol. The number of hydrogen-bond acceptors (Lipinski definition) is 5. The predicted molar refractivity (Wildman–Crippen MR) is 168 cm³/mol. The lowest BCUT2D eigenvalue weighted by molar-refractivity contribution is -0.120. The van der Waals surface area contributed by atoms with E-state index in [1.165, 1.54) is 23.8 Å². The van der Waals surface area contributed by atoms with Crippen LogP contribution in [-0.2, 0) is 17.8 Å². The average Bonchev–Trinajstić information content (AvgIpc) is 3.43. The number of nitrogens with one attached hydrogen (secondary N) is 2. The number of anilines is 2. The fraction of sp³-hybridized carbons (Fsp3) is 0.333. The molecule has 3 aromatic carbocycles. The van der Waals surface area contributed by atoms with E-state index >= 15 is 0 Å². The van der Waals surface area contributed by atoms with Gasteiger partial charge >= 0.3 is 0 Å². The molecule has 1 fully saturated rings. The van der Waals surface area contributed by atoms with Gasteiger partial charge in [0.25, 0.3) is 5.91 Å². The number of likely N-dealkylation sites (tertiary alicyclic amines) is 1. The molecular formula is C33H34ClFN4O2S. The Kier molecular flexibility index (Phi) is 8.84. The minimum Gasteiger partial charge on any atom is -0.356 e. The summed E-state index contributed by atoms with van der Waals surface area (Å²) in [7, 11) is 0. The fourth-order valence-corrected chi connectivity index (χ4v) is 7.17. The summed E-state index contributed by atoms with van der Waals surface area (Å²) in [5.74, 6) is 0.273. The lowest BCUT2D eigenvalue weighted by atomic mass is 9.90. The lowest BCUT2D eigenvalue weighted by Crippen LogP contribution is -2.40. The molecule has 9 heteroatoms. The van der Waals surface area contributed by atoms with Crippen molar-refractivity contribution in [1.29, 1.82) is 0 Å². The van der Waals surface area contributed by atoms with E-state index in [0.29, 0.717) is 40.1 Å². The van der Waals surface area contributed by atoms with Gasteiger partial charge in [0.1, 0.15) is 5.82 Å². The molecule has 3 heterocycles. The fourth-order valence-electron chi connectivity index (χ4n) is 5.98. The Morgan fingerprint density at radius 2 is 1.88 bits per heavy atom. The van der Waals surface area contributed by atoms with Crippen LogP contribution in [0.25, 0.3) is 0 Å². The van der Waals surface area contributed by atoms with E-state index < -0.39 is 5.82 Å². The van der Waals surface area contributed by atoms with Crippen LogP contribution < -0.4 is 15.5 Å². The molecule has 3 aliphatic rings. The highest BCUT2D eigenvalue weighted by Gasteiger charge is 2.36. The molecule has 3 aliphatic heterocycles. The first-order valence-corrected chi connectivity index (χ1v) is 15.9. The summed E-state index contributed by atoms with van der Waals surface area (Å²) in [6.07, 6.45) is 3.45. The van der Waals surface area contributed by atoms with Crippen LogP contribution in [0.15, 0.2) is 77.8 Å². The van der Waals surface area contributed by atoms with Crippen LogP contribution in [0, 0.1) is 17.7 Å². The zero-order valence-corrected chi connectivity index (χ0v) is 24.9. The zero-order valence-electron chi connectivity index (χ0n) is 23.3. The molecule has 6 nitrogen and oxygen atoms in total. The van der Waals surface area contributed by atoms with E-state index in [-0.39, 0.29) is 24.3 Å². The quantitative estimate of drug-likeness (QED) is 0.315. The third kappa shape index (κ3) is 6.51. The van der Waals surface area contributed by atoms with E-state index in [1.807, 2.05) is 11.5 Å². The number of fused-ring (bicyclic) bond motifs is 2. The van der Waals surface area contributed by atoms with Crippen molar-refractivity contribution < 1.29 is 14.0 Å². The van der Waals surface area contributed by atoms with Crippen molar-refractivity contribution >= 4 is 46.6 Å². The van der Waals surface area contributed by atoms with Crippen LogP contribution in [0.3, 0.4) is 0 Å². The zero-order chi connectivity index (χ0) is 29.1. The predicted octanol–water partition coefficient (Wildman–Crippen LogP) is 6.33. The van der Waals surface area contributed by atoms with Gasteiger partial charge in [0.15, 0.2) is 0 Å². The van der Waals surface area contributed by atoms with Crippen LogP contribution in [0.2, 0.25) is 5.02 Å². The summed E-state index contributed by atoms with van der Waals surface area (Å²) in [5.41, 5.74) is 4.52. The number of benzene rings is 3. The number of carbonyl (C=O) groups is 2. The summed E-state index contributed by atoms with van der Waals surface area (Å²) in [4.78, 5) is 31.0. The van der Waals surface area contributed by atoms with E-state index in [4.69, 9.17) is 11.6 Å². The van der Waals surface area contributed by atoms with Gasteiger partial charge in [-0.2, -0.15) is 0 Å². The molecule has 1 atom stereocenters. The molecule has 218 valence electrons. The first kappa shape index (κ1) is 28.8.